The molecule has 0 saturated carbocycles. The Hall–Kier alpha value is -1.74. The Morgan fingerprint density at radius 1 is 1.28 bits per heavy atom. The Kier molecular flexibility index (Phi) is 4.05. The number of hydrogen-bond acceptors (Lipinski definition) is 3. The van der Waals surface area contributed by atoms with E-state index in [-0.39, 0.29) is 6.04 Å². The fourth-order valence-corrected chi connectivity index (χ4v) is 1.82. The van der Waals surface area contributed by atoms with Crippen LogP contribution < -0.4 is 10.1 Å². The fourth-order valence-electron chi connectivity index (χ4n) is 1.71. The zero-order valence-electron chi connectivity index (χ0n) is 10.4. The second-order valence-corrected chi connectivity index (χ2v) is 4.40. The lowest BCUT2D eigenvalue weighted by atomic mass is 10.1. The van der Waals surface area contributed by atoms with Gasteiger partial charge in [0.15, 0.2) is 0 Å². The molecule has 2 aromatic rings. The van der Waals surface area contributed by atoms with Gasteiger partial charge in [-0.25, -0.2) is 4.98 Å². The summed E-state index contributed by atoms with van der Waals surface area (Å²) in [6, 6.07) is 11.8. The molecule has 0 bridgehead atoms. The third-order valence-corrected chi connectivity index (χ3v) is 2.93. The van der Waals surface area contributed by atoms with Crippen molar-refractivity contribution in [2.24, 2.45) is 0 Å². The maximum Gasteiger partial charge on any atom is 0.129 e. The molecule has 0 spiro atoms. The number of nitrogens with zero attached hydrogens (tertiary/aromatic N) is 1. The molecule has 0 saturated heterocycles. The smallest absolute Gasteiger partial charge is 0.129 e. The lowest BCUT2D eigenvalue weighted by Crippen LogP contribution is -2.06. The molecule has 4 heteroatoms. The highest BCUT2D eigenvalue weighted by Gasteiger charge is 2.06. The highest BCUT2D eigenvalue weighted by molar-refractivity contribution is 6.29. The van der Waals surface area contributed by atoms with Gasteiger partial charge in [-0.15, -0.1) is 0 Å². The van der Waals surface area contributed by atoms with Gasteiger partial charge < -0.3 is 10.1 Å². The van der Waals surface area contributed by atoms with Crippen molar-refractivity contribution in [2.45, 2.75) is 13.0 Å². The molecule has 0 aliphatic heterocycles. The van der Waals surface area contributed by atoms with E-state index < -0.39 is 0 Å². The van der Waals surface area contributed by atoms with Crippen molar-refractivity contribution in [2.75, 3.05) is 12.4 Å². The number of aromatic nitrogens is 1. The number of rotatable bonds is 4. The van der Waals surface area contributed by atoms with Crippen LogP contribution in [0.25, 0.3) is 0 Å². The van der Waals surface area contributed by atoms with Crippen LogP contribution in [0.5, 0.6) is 5.75 Å². The predicted octanol–water partition coefficient (Wildman–Crippen LogP) is 3.92. The van der Waals surface area contributed by atoms with Gasteiger partial charge >= 0.3 is 0 Å². The van der Waals surface area contributed by atoms with Gasteiger partial charge in [-0.05, 0) is 36.8 Å². The summed E-state index contributed by atoms with van der Waals surface area (Å²) in [5.74, 6) is 0.857. The number of hydrogen-bond donors (Lipinski definition) is 1. The molecule has 3 nitrogen and oxygen atoms in total. The molecular weight excluding hydrogens is 248 g/mol. The van der Waals surface area contributed by atoms with Crippen LogP contribution in [0.15, 0.2) is 42.6 Å². The van der Waals surface area contributed by atoms with Crippen LogP contribution in [0.4, 0.5) is 5.69 Å². The van der Waals surface area contributed by atoms with E-state index in [9.17, 15) is 0 Å². The summed E-state index contributed by atoms with van der Waals surface area (Å²) in [5.41, 5.74) is 2.10. The topological polar surface area (TPSA) is 34.1 Å². The lowest BCUT2D eigenvalue weighted by Gasteiger charge is -2.16. The SMILES string of the molecule is COc1cccc(C(C)Nc2ccc(Cl)nc2)c1. The Labute approximate surface area is 112 Å². The number of methoxy groups -OCH3 is 1. The van der Waals surface area contributed by atoms with Gasteiger partial charge in [0.05, 0.1) is 19.0 Å². The van der Waals surface area contributed by atoms with Crippen LogP contribution in [0, 0.1) is 0 Å². The quantitative estimate of drug-likeness (QED) is 0.848. The normalized spacial score (nSPS) is 11.9. The molecule has 2 rings (SSSR count). The molecule has 1 aromatic carbocycles. The summed E-state index contributed by atoms with van der Waals surface area (Å²) in [6.07, 6.45) is 1.72. The van der Waals surface area contributed by atoms with Crippen LogP contribution in [0.2, 0.25) is 5.15 Å². The van der Waals surface area contributed by atoms with Gasteiger partial charge in [0, 0.05) is 6.04 Å². The van der Waals surface area contributed by atoms with E-state index in [4.69, 9.17) is 16.3 Å². The molecule has 0 aliphatic carbocycles. The molecule has 1 unspecified atom stereocenters. The van der Waals surface area contributed by atoms with Gasteiger partial charge in [-0.2, -0.15) is 0 Å². The first-order valence-corrected chi connectivity index (χ1v) is 6.09. The van der Waals surface area contributed by atoms with Crippen molar-refractivity contribution < 1.29 is 4.74 Å². The molecular formula is C14H15ClN2O. The molecule has 0 amide bonds. The van der Waals surface area contributed by atoms with Crippen molar-refractivity contribution in [1.29, 1.82) is 0 Å². The first-order valence-electron chi connectivity index (χ1n) is 5.71. The van der Waals surface area contributed by atoms with E-state index in [0.29, 0.717) is 5.15 Å². The molecule has 1 aromatic heterocycles. The predicted molar refractivity (Wildman–Crippen MR) is 74.3 cm³/mol. The minimum atomic E-state index is 0.170. The van der Waals surface area contributed by atoms with Crippen LogP contribution in [-0.4, -0.2) is 12.1 Å². The number of anilines is 1. The maximum absolute atomic E-state index is 5.75. The number of ether oxygens (including phenoxy) is 1. The first kappa shape index (κ1) is 12.7. The van der Waals surface area contributed by atoms with Crippen molar-refractivity contribution in [3.8, 4) is 5.75 Å². The molecule has 94 valence electrons. The highest BCUT2D eigenvalue weighted by Crippen LogP contribution is 2.22. The largest absolute Gasteiger partial charge is 0.497 e. The highest BCUT2D eigenvalue weighted by atomic mass is 35.5. The fraction of sp³-hybridized carbons (Fsp3) is 0.214. The standard InChI is InChI=1S/C14H15ClN2O/c1-10(11-4-3-5-13(8-11)18-2)17-12-6-7-14(15)16-9-12/h3-10,17H,1-2H3. The average Bonchev–Trinajstić information content (AvgIpc) is 2.41. The molecule has 1 N–H and O–H groups in total. The van der Waals surface area contributed by atoms with Gasteiger partial charge in [-0.3, -0.25) is 0 Å². The average molecular weight is 263 g/mol. The number of nitrogens with one attached hydrogen (secondary N) is 1. The summed E-state index contributed by atoms with van der Waals surface area (Å²) < 4.78 is 5.21. The zero-order chi connectivity index (χ0) is 13.0. The lowest BCUT2D eigenvalue weighted by molar-refractivity contribution is 0.414. The molecule has 18 heavy (non-hydrogen) atoms. The first-order chi connectivity index (χ1) is 8.69. The minimum absolute atomic E-state index is 0.170. The monoisotopic (exact) mass is 262 g/mol. The molecule has 0 radical (unpaired) electrons. The second kappa shape index (κ2) is 5.74. The van der Waals surface area contributed by atoms with Crippen LogP contribution in [-0.2, 0) is 0 Å². The van der Waals surface area contributed by atoms with E-state index >= 15 is 0 Å². The number of halogens is 1. The van der Waals surface area contributed by atoms with Crippen LogP contribution in [0.3, 0.4) is 0 Å². The molecule has 0 fully saturated rings. The Morgan fingerprint density at radius 3 is 2.78 bits per heavy atom. The van der Waals surface area contributed by atoms with E-state index in [1.807, 2.05) is 24.3 Å². The van der Waals surface area contributed by atoms with E-state index in [0.717, 1.165) is 17.0 Å². The van der Waals surface area contributed by atoms with E-state index in [1.165, 1.54) is 0 Å². The molecule has 0 aliphatic rings. The number of benzene rings is 1. The Morgan fingerprint density at radius 2 is 2.11 bits per heavy atom. The zero-order valence-corrected chi connectivity index (χ0v) is 11.1. The summed E-state index contributed by atoms with van der Waals surface area (Å²) in [6.45, 7) is 2.09. The van der Waals surface area contributed by atoms with Gasteiger partial charge in [0.2, 0.25) is 0 Å². The number of pyridine rings is 1. The van der Waals surface area contributed by atoms with Crippen molar-refractivity contribution >= 4 is 17.3 Å². The summed E-state index contributed by atoms with van der Waals surface area (Å²) in [5, 5.41) is 3.85. The second-order valence-electron chi connectivity index (χ2n) is 4.01. The summed E-state index contributed by atoms with van der Waals surface area (Å²) in [7, 11) is 1.67. The minimum Gasteiger partial charge on any atom is -0.497 e. The van der Waals surface area contributed by atoms with Crippen LogP contribution >= 0.6 is 11.6 Å². The molecule has 1 heterocycles. The molecule has 1 atom stereocenters. The summed E-state index contributed by atoms with van der Waals surface area (Å²) >= 11 is 5.75. The maximum atomic E-state index is 5.75. The van der Waals surface area contributed by atoms with Gasteiger partial charge in [0.25, 0.3) is 0 Å². The Bertz CT molecular complexity index is 513. The van der Waals surface area contributed by atoms with Gasteiger partial charge in [-0.1, -0.05) is 23.7 Å². The summed E-state index contributed by atoms with van der Waals surface area (Å²) in [4.78, 5) is 4.04. The van der Waals surface area contributed by atoms with Gasteiger partial charge in [0.1, 0.15) is 10.9 Å². The van der Waals surface area contributed by atoms with Crippen molar-refractivity contribution in [1.82, 2.24) is 4.98 Å². The third-order valence-electron chi connectivity index (χ3n) is 2.70. The van der Waals surface area contributed by atoms with E-state index in [2.05, 4.69) is 23.3 Å². The van der Waals surface area contributed by atoms with E-state index in [1.54, 1.807) is 19.4 Å². The van der Waals surface area contributed by atoms with Crippen molar-refractivity contribution in [3.63, 3.8) is 0 Å². The Balaban J connectivity index is 2.11. The van der Waals surface area contributed by atoms with Crippen LogP contribution in [0.1, 0.15) is 18.5 Å². The van der Waals surface area contributed by atoms with Crippen molar-refractivity contribution in [3.05, 3.63) is 53.3 Å². The third kappa shape index (κ3) is 3.14.